The van der Waals surface area contributed by atoms with Crippen LogP contribution in [0, 0.1) is 0 Å². The number of hydrogen-bond donors (Lipinski definition) is 4. The third-order valence-corrected chi connectivity index (χ3v) is 3.43. The van der Waals surface area contributed by atoms with Gasteiger partial charge >= 0.3 is 0 Å². The topological polar surface area (TPSA) is 85.7 Å². The standard InChI is InChI=1S/C13H15NO4/c15-10-6-18-13(12(17)11(10)16)8-5-14-9-4-2-1-3-7(8)9/h1-5,10-17H,6H2/t10-,11+,12-,13+/m1/s1. The van der Waals surface area contributed by atoms with E-state index in [1.54, 1.807) is 6.20 Å². The van der Waals surface area contributed by atoms with Gasteiger partial charge in [0.15, 0.2) is 0 Å². The number of hydrogen-bond acceptors (Lipinski definition) is 4. The Labute approximate surface area is 104 Å². The fraction of sp³-hybridized carbons (Fsp3) is 0.385. The predicted octanol–water partition coefficient (Wildman–Crippen LogP) is 0.322. The molecular formula is C13H15NO4. The predicted molar refractivity (Wildman–Crippen MR) is 65.0 cm³/mol. The molecule has 5 heteroatoms. The number of aliphatic hydroxyl groups excluding tert-OH is 3. The van der Waals surface area contributed by atoms with Crippen LogP contribution in [0.3, 0.4) is 0 Å². The van der Waals surface area contributed by atoms with Crippen LogP contribution >= 0.6 is 0 Å². The molecule has 0 spiro atoms. The van der Waals surface area contributed by atoms with Gasteiger partial charge in [-0.1, -0.05) is 18.2 Å². The zero-order valence-corrected chi connectivity index (χ0v) is 9.65. The van der Waals surface area contributed by atoms with Gasteiger partial charge in [0.25, 0.3) is 0 Å². The van der Waals surface area contributed by atoms with E-state index in [1.165, 1.54) is 0 Å². The van der Waals surface area contributed by atoms with Gasteiger partial charge in [-0.2, -0.15) is 0 Å². The van der Waals surface area contributed by atoms with Gasteiger partial charge in [-0.25, -0.2) is 0 Å². The fourth-order valence-corrected chi connectivity index (χ4v) is 2.41. The van der Waals surface area contributed by atoms with Gasteiger partial charge < -0.3 is 25.0 Å². The summed E-state index contributed by atoms with van der Waals surface area (Å²) in [6.07, 6.45) is -2.21. The van der Waals surface area contributed by atoms with Crippen LogP contribution in [-0.2, 0) is 4.74 Å². The van der Waals surface area contributed by atoms with Crippen molar-refractivity contribution in [1.29, 1.82) is 0 Å². The SMILES string of the molecule is O[C@@H]1[C@@H](O)[C@H](c2c[nH]c3ccccc23)OC[C@H]1O. The highest BCUT2D eigenvalue weighted by Crippen LogP contribution is 2.33. The quantitative estimate of drug-likeness (QED) is 0.586. The molecule has 0 saturated carbocycles. The van der Waals surface area contributed by atoms with E-state index in [2.05, 4.69) is 4.98 Å². The summed E-state index contributed by atoms with van der Waals surface area (Å²) in [5.74, 6) is 0. The molecule has 3 rings (SSSR count). The molecule has 5 nitrogen and oxygen atoms in total. The van der Waals surface area contributed by atoms with Crippen molar-refractivity contribution >= 4 is 10.9 Å². The lowest BCUT2D eigenvalue weighted by Crippen LogP contribution is -2.48. The summed E-state index contributed by atoms with van der Waals surface area (Å²) in [6.45, 7) is 0.0163. The Kier molecular flexibility index (Phi) is 2.83. The number of aromatic amines is 1. The number of aromatic nitrogens is 1. The van der Waals surface area contributed by atoms with Crippen LogP contribution in [0.5, 0.6) is 0 Å². The molecule has 4 atom stereocenters. The van der Waals surface area contributed by atoms with Crippen LogP contribution in [0.1, 0.15) is 11.7 Å². The number of fused-ring (bicyclic) bond motifs is 1. The molecule has 1 aliphatic rings. The van der Waals surface area contributed by atoms with Crippen molar-refractivity contribution in [2.45, 2.75) is 24.4 Å². The molecule has 1 aromatic heterocycles. The summed E-state index contributed by atoms with van der Waals surface area (Å²) in [5, 5.41) is 30.1. The van der Waals surface area contributed by atoms with Gasteiger partial charge in [0.2, 0.25) is 0 Å². The average molecular weight is 249 g/mol. The van der Waals surface area contributed by atoms with Crippen LogP contribution in [-0.4, -0.2) is 45.2 Å². The second kappa shape index (κ2) is 4.37. The number of benzene rings is 1. The molecule has 0 bridgehead atoms. The summed E-state index contributed by atoms with van der Waals surface area (Å²) >= 11 is 0. The smallest absolute Gasteiger partial charge is 0.113 e. The maximum atomic E-state index is 9.99. The van der Waals surface area contributed by atoms with E-state index in [1.807, 2.05) is 24.3 Å². The summed E-state index contributed by atoms with van der Waals surface area (Å²) in [5.41, 5.74) is 1.74. The Morgan fingerprint density at radius 3 is 2.72 bits per heavy atom. The molecular weight excluding hydrogens is 234 g/mol. The number of H-pyrrole nitrogens is 1. The van der Waals surface area contributed by atoms with E-state index in [0.29, 0.717) is 0 Å². The minimum absolute atomic E-state index is 0.0163. The fourth-order valence-electron chi connectivity index (χ4n) is 2.41. The van der Waals surface area contributed by atoms with E-state index in [0.717, 1.165) is 16.5 Å². The Bertz CT molecular complexity index is 553. The number of para-hydroxylation sites is 1. The van der Waals surface area contributed by atoms with Crippen LogP contribution in [0.2, 0.25) is 0 Å². The van der Waals surface area contributed by atoms with E-state index in [-0.39, 0.29) is 6.61 Å². The van der Waals surface area contributed by atoms with Crippen molar-refractivity contribution in [3.8, 4) is 0 Å². The monoisotopic (exact) mass is 249 g/mol. The lowest BCUT2D eigenvalue weighted by atomic mass is 9.94. The molecule has 1 fully saturated rings. The molecule has 1 saturated heterocycles. The highest BCUT2D eigenvalue weighted by molar-refractivity contribution is 5.83. The Hall–Kier alpha value is -1.40. The molecule has 0 amide bonds. The molecule has 2 aromatic rings. The van der Waals surface area contributed by atoms with Crippen molar-refractivity contribution in [3.63, 3.8) is 0 Å². The van der Waals surface area contributed by atoms with Crippen LogP contribution in [0.4, 0.5) is 0 Å². The van der Waals surface area contributed by atoms with Gasteiger partial charge in [0.05, 0.1) is 6.61 Å². The Balaban J connectivity index is 1.99. The van der Waals surface area contributed by atoms with Crippen molar-refractivity contribution < 1.29 is 20.1 Å². The second-order valence-corrected chi connectivity index (χ2v) is 4.59. The number of aliphatic hydroxyl groups is 3. The molecule has 1 aromatic carbocycles. The van der Waals surface area contributed by atoms with Crippen molar-refractivity contribution in [1.82, 2.24) is 4.98 Å². The first kappa shape index (κ1) is 11.7. The van der Waals surface area contributed by atoms with Gasteiger partial charge in [-0.05, 0) is 6.07 Å². The minimum atomic E-state index is -1.18. The van der Waals surface area contributed by atoms with Gasteiger partial charge in [-0.3, -0.25) is 0 Å². The van der Waals surface area contributed by atoms with Crippen molar-refractivity contribution in [3.05, 3.63) is 36.0 Å². The number of nitrogens with one attached hydrogen (secondary N) is 1. The Morgan fingerprint density at radius 2 is 1.89 bits per heavy atom. The first-order valence-corrected chi connectivity index (χ1v) is 5.90. The molecule has 96 valence electrons. The zero-order chi connectivity index (χ0) is 12.7. The lowest BCUT2D eigenvalue weighted by Gasteiger charge is -2.35. The molecule has 2 heterocycles. The van der Waals surface area contributed by atoms with E-state index in [9.17, 15) is 15.3 Å². The average Bonchev–Trinajstić information content (AvgIpc) is 2.80. The summed E-state index contributed by atoms with van der Waals surface area (Å²) in [6, 6.07) is 7.67. The summed E-state index contributed by atoms with van der Waals surface area (Å²) < 4.78 is 5.45. The summed E-state index contributed by atoms with van der Waals surface area (Å²) in [4.78, 5) is 3.10. The van der Waals surface area contributed by atoms with Crippen LogP contribution < -0.4 is 0 Å². The summed E-state index contributed by atoms with van der Waals surface area (Å²) in [7, 11) is 0. The molecule has 4 N–H and O–H groups in total. The third kappa shape index (κ3) is 1.72. The molecule has 0 unspecified atom stereocenters. The molecule has 18 heavy (non-hydrogen) atoms. The van der Waals surface area contributed by atoms with Crippen LogP contribution in [0.25, 0.3) is 10.9 Å². The second-order valence-electron chi connectivity index (χ2n) is 4.59. The first-order valence-electron chi connectivity index (χ1n) is 5.90. The van der Waals surface area contributed by atoms with Crippen LogP contribution in [0.15, 0.2) is 30.5 Å². The van der Waals surface area contributed by atoms with Gasteiger partial charge in [0.1, 0.15) is 24.4 Å². The highest BCUT2D eigenvalue weighted by atomic mass is 16.5. The lowest BCUT2D eigenvalue weighted by molar-refractivity contribution is -0.188. The van der Waals surface area contributed by atoms with E-state index in [4.69, 9.17) is 4.74 Å². The van der Waals surface area contributed by atoms with E-state index < -0.39 is 24.4 Å². The van der Waals surface area contributed by atoms with Gasteiger partial charge in [0, 0.05) is 22.7 Å². The van der Waals surface area contributed by atoms with Gasteiger partial charge in [-0.15, -0.1) is 0 Å². The molecule has 0 aliphatic carbocycles. The zero-order valence-electron chi connectivity index (χ0n) is 9.65. The molecule has 1 aliphatic heterocycles. The molecule has 0 radical (unpaired) electrons. The maximum absolute atomic E-state index is 9.99. The van der Waals surface area contributed by atoms with E-state index >= 15 is 0 Å². The first-order chi connectivity index (χ1) is 8.68. The minimum Gasteiger partial charge on any atom is -0.388 e. The third-order valence-electron chi connectivity index (χ3n) is 3.43. The number of ether oxygens (including phenoxy) is 1. The number of rotatable bonds is 1. The Morgan fingerprint density at radius 1 is 1.11 bits per heavy atom. The normalized spacial score (nSPS) is 32.8. The highest BCUT2D eigenvalue weighted by Gasteiger charge is 2.39. The maximum Gasteiger partial charge on any atom is 0.113 e. The van der Waals surface area contributed by atoms with Crippen molar-refractivity contribution in [2.75, 3.05) is 6.61 Å². The van der Waals surface area contributed by atoms with Crippen molar-refractivity contribution in [2.24, 2.45) is 0 Å². The largest absolute Gasteiger partial charge is 0.388 e.